The number of hydrogen-bond donors (Lipinski definition) is 0. The first-order valence-corrected chi connectivity index (χ1v) is 7.81. The molecule has 1 heterocycles. The predicted molar refractivity (Wildman–Crippen MR) is 88.4 cm³/mol. The number of rotatable bonds is 5. The molecule has 21 heavy (non-hydrogen) atoms. The summed E-state index contributed by atoms with van der Waals surface area (Å²) >= 11 is 15.5. The van der Waals surface area contributed by atoms with E-state index in [0.29, 0.717) is 27.3 Å². The van der Waals surface area contributed by atoms with Crippen molar-refractivity contribution in [3.63, 3.8) is 0 Å². The first-order valence-electron chi connectivity index (χ1n) is 6.26. The van der Waals surface area contributed by atoms with Crippen molar-refractivity contribution in [1.29, 1.82) is 0 Å². The molecule has 0 N–H and O–H groups in total. The van der Waals surface area contributed by atoms with E-state index in [1.165, 1.54) is 0 Å². The van der Waals surface area contributed by atoms with E-state index in [2.05, 4.69) is 21.0 Å². The average molecular weight is 391 g/mol. The molecule has 0 bridgehead atoms. The van der Waals surface area contributed by atoms with E-state index in [-0.39, 0.29) is 10.8 Å². The molecule has 2 rings (SSSR count). The Morgan fingerprint density at radius 3 is 2.76 bits per heavy atom. The van der Waals surface area contributed by atoms with Gasteiger partial charge in [-0.1, -0.05) is 29.3 Å². The molecular formula is C14H14BrCl2N3O. The van der Waals surface area contributed by atoms with Gasteiger partial charge in [-0.05, 0) is 42.2 Å². The monoisotopic (exact) mass is 389 g/mol. The lowest BCUT2D eigenvalue weighted by molar-refractivity contribution is 0.102. The zero-order valence-electron chi connectivity index (χ0n) is 11.6. The number of hydrogen-bond acceptors (Lipinski definition) is 3. The second-order valence-corrected chi connectivity index (χ2v) is 6.44. The Balaban J connectivity index is 2.39. The lowest BCUT2D eigenvalue weighted by Gasteiger charge is -2.12. The van der Waals surface area contributed by atoms with Crippen LogP contribution in [0, 0.1) is 0 Å². The van der Waals surface area contributed by atoms with Crippen LogP contribution in [0.1, 0.15) is 16.1 Å². The normalized spacial score (nSPS) is 11.1. The van der Waals surface area contributed by atoms with Crippen LogP contribution in [0.15, 0.2) is 28.9 Å². The van der Waals surface area contributed by atoms with E-state index < -0.39 is 0 Å². The lowest BCUT2D eigenvalue weighted by atomic mass is 10.1. The Morgan fingerprint density at radius 1 is 1.38 bits per heavy atom. The fourth-order valence-electron chi connectivity index (χ4n) is 1.86. The fourth-order valence-corrected chi connectivity index (χ4v) is 2.72. The molecule has 0 atom stereocenters. The standard InChI is InChI=1S/C14H14BrCl2N3O/c1-19(2)6-7-20-13(10(15)8-18-20)14(21)9-4-3-5-11(16)12(9)17/h3-5,8H,6-7H2,1-2H3. The van der Waals surface area contributed by atoms with Crippen molar-refractivity contribution in [2.75, 3.05) is 20.6 Å². The molecule has 0 spiro atoms. The summed E-state index contributed by atoms with van der Waals surface area (Å²) in [4.78, 5) is 14.7. The third kappa shape index (κ3) is 3.66. The third-order valence-corrected chi connectivity index (χ3v) is 4.36. The Labute approximate surface area is 141 Å². The van der Waals surface area contributed by atoms with Crippen LogP contribution in [-0.4, -0.2) is 41.1 Å². The van der Waals surface area contributed by atoms with E-state index in [9.17, 15) is 4.79 Å². The molecule has 0 radical (unpaired) electrons. The Bertz CT molecular complexity index is 670. The number of carbonyl (C=O) groups excluding carboxylic acids is 1. The summed E-state index contributed by atoms with van der Waals surface area (Å²) in [6.45, 7) is 1.38. The van der Waals surface area contributed by atoms with Crippen LogP contribution in [0.4, 0.5) is 0 Å². The molecule has 0 saturated carbocycles. The summed E-state index contributed by atoms with van der Waals surface area (Å²) < 4.78 is 2.31. The van der Waals surface area contributed by atoms with E-state index in [4.69, 9.17) is 23.2 Å². The molecule has 2 aromatic rings. The van der Waals surface area contributed by atoms with Crippen molar-refractivity contribution in [2.24, 2.45) is 0 Å². The van der Waals surface area contributed by atoms with Gasteiger partial charge in [-0.3, -0.25) is 9.48 Å². The summed E-state index contributed by atoms with van der Waals surface area (Å²) in [5.41, 5.74) is 0.845. The SMILES string of the molecule is CN(C)CCn1ncc(Br)c1C(=O)c1cccc(Cl)c1Cl. The maximum absolute atomic E-state index is 12.7. The molecule has 112 valence electrons. The van der Waals surface area contributed by atoms with Gasteiger partial charge in [0.15, 0.2) is 0 Å². The molecule has 4 nitrogen and oxygen atoms in total. The molecule has 0 fully saturated rings. The largest absolute Gasteiger partial charge is 0.308 e. The van der Waals surface area contributed by atoms with Gasteiger partial charge >= 0.3 is 0 Å². The molecular weight excluding hydrogens is 377 g/mol. The highest BCUT2D eigenvalue weighted by molar-refractivity contribution is 9.10. The van der Waals surface area contributed by atoms with Gasteiger partial charge in [0.1, 0.15) is 5.69 Å². The first kappa shape index (κ1) is 16.5. The van der Waals surface area contributed by atoms with Crippen molar-refractivity contribution >= 4 is 44.9 Å². The maximum atomic E-state index is 12.7. The Kier molecular flexibility index (Phi) is 5.43. The van der Waals surface area contributed by atoms with Gasteiger partial charge in [-0.2, -0.15) is 5.10 Å². The quantitative estimate of drug-likeness (QED) is 0.729. The van der Waals surface area contributed by atoms with Gasteiger partial charge in [0.2, 0.25) is 5.78 Å². The minimum Gasteiger partial charge on any atom is -0.308 e. The Hall–Kier alpha value is -0.880. The maximum Gasteiger partial charge on any atom is 0.213 e. The number of carbonyl (C=O) groups is 1. The van der Waals surface area contributed by atoms with Crippen LogP contribution in [-0.2, 0) is 6.54 Å². The van der Waals surface area contributed by atoms with E-state index in [1.807, 2.05) is 19.0 Å². The molecule has 0 aliphatic heterocycles. The number of aromatic nitrogens is 2. The minimum atomic E-state index is -0.203. The van der Waals surface area contributed by atoms with E-state index in [1.54, 1.807) is 29.1 Å². The highest BCUT2D eigenvalue weighted by Gasteiger charge is 2.21. The van der Waals surface area contributed by atoms with Crippen LogP contribution >= 0.6 is 39.1 Å². The number of benzene rings is 1. The van der Waals surface area contributed by atoms with Gasteiger partial charge in [-0.25, -0.2) is 0 Å². The fraction of sp³-hybridized carbons (Fsp3) is 0.286. The van der Waals surface area contributed by atoms with Gasteiger partial charge in [0, 0.05) is 12.1 Å². The first-order chi connectivity index (χ1) is 9.91. The Morgan fingerprint density at radius 2 is 2.10 bits per heavy atom. The van der Waals surface area contributed by atoms with Gasteiger partial charge in [0.25, 0.3) is 0 Å². The molecule has 0 unspecified atom stereocenters. The molecule has 1 aromatic carbocycles. The lowest BCUT2D eigenvalue weighted by Crippen LogP contribution is -2.22. The van der Waals surface area contributed by atoms with Crippen LogP contribution in [0.2, 0.25) is 10.0 Å². The molecule has 0 saturated heterocycles. The number of halogens is 3. The van der Waals surface area contributed by atoms with Crippen molar-refractivity contribution in [3.05, 3.63) is 50.2 Å². The van der Waals surface area contributed by atoms with Gasteiger partial charge < -0.3 is 4.90 Å². The van der Waals surface area contributed by atoms with Crippen molar-refractivity contribution in [2.45, 2.75) is 6.54 Å². The summed E-state index contributed by atoms with van der Waals surface area (Å²) in [6.07, 6.45) is 1.61. The zero-order valence-corrected chi connectivity index (χ0v) is 14.7. The van der Waals surface area contributed by atoms with Gasteiger partial charge in [-0.15, -0.1) is 0 Å². The minimum absolute atomic E-state index is 0.203. The molecule has 7 heteroatoms. The van der Waals surface area contributed by atoms with Crippen LogP contribution in [0.25, 0.3) is 0 Å². The summed E-state index contributed by atoms with van der Waals surface area (Å²) in [7, 11) is 3.93. The smallest absolute Gasteiger partial charge is 0.213 e. The summed E-state index contributed by atoms with van der Waals surface area (Å²) in [5.74, 6) is -0.203. The second-order valence-electron chi connectivity index (χ2n) is 4.80. The summed E-state index contributed by atoms with van der Waals surface area (Å²) in [6, 6.07) is 5.02. The highest BCUT2D eigenvalue weighted by atomic mass is 79.9. The van der Waals surface area contributed by atoms with Crippen molar-refractivity contribution in [3.8, 4) is 0 Å². The van der Waals surface area contributed by atoms with Crippen molar-refractivity contribution < 1.29 is 4.79 Å². The zero-order chi connectivity index (χ0) is 15.6. The van der Waals surface area contributed by atoms with Crippen LogP contribution in [0.5, 0.6) is 0 Å². The molecule has 0 aliphatic rings. The number of ketones is 1. The molecule has 1 aromatic heterocycles. The number of likely N-dealkylation sites (N-methyl/N-ethyl adjacent to an activating group) is 1. The highest BCUT2D eigenvalue weighted by Crippen LogP contribution is 2.29. The van der Waals surface area contributed by atoms with Crippen molar-refractivity contribution in [1.82, 2.24) is 14.7 Å². The second kappa shape index (κ2) is 6.92. The average Bonchev–Trinajstić information content (AvgIpc) is 2.80. The molecule has 0 aliphatic carbocycles. The summed E-state index contributed by atoms with van der Waals surface area (Å²) in [5, 5.41) is 4.85. The predicted octanol–water partition coefficient (Wildman–Crippen LogP) is 3.75. The number of nitrogens with zero attached hydrogens (tertiary/aromatic N) is 3. The van der Waals surface area contributed by atoms with E-state index >= 15 is 0 Å². The van der Waals surface area contributed by atoms with Crippen LogP contribution in [0.3, 0.4) is 0 Å². The van der Waals surface area contributed by atoms with E-state index in [0.717, 1.165) is 6.54 Å². The molecule has 0 amide bonds. The topological polar surface area (TPSA) is 38.1 Å². The van der Waals surface area contributed by atoms with Gasteiger partial charge in [0.05, 0.1) is 27.3 Å². The third-order valence-electron chi connectivity index (χ3n) is 2.97. The van der Waals surface area contributed by atoms with Crippen LogP contribution < -0.4 is 0 Å².